The minimum atomic E-state index is -0.591. The van der Waals surface area contributed by atoms with Gasteiger partial charge in [0, 0.05) is 50.6 Å². The van der Waals surface area contributed by atoms with Crippen molar-refractivity contribution < 1.29 is 4.42 Å². The van der Waals surface area contributed by atoms with E-state index in [1.807, 2.05) is 0 Å². The van der Waals surface area contributed by atoms with E-state index < -0.39 is 5.41 Å². The van der Waals surface area contributed by atoms with Gasteiger partial charge >= 0.3 is 0 Å². The highest BCUT2D eigenvalue weighted by molar-refractivity contribution is 7.00. The molecule has 0 bridgehead atoms. The third-order valence-corrected chi connectivity index (χ3v) is 16.5. The topological polar surface area (TPSA) is 19.6 Å². The number of benzene rings is 8. The molecule has 3 nitrogen and oxygen atoms in total. The lowest BCUT2D eigenvalue weighted by Gasteiger charge is -2.46. The molecule has 13 rings (SSSR count). The van der Waals surface area contributed by atoms with Crippen LogP contribution in [-0.2, 0) is 27.1 Å². The predicted octanol–water partition coefficient (Wildman–Crippen LogP) is 16.0. The maximum atomic E-state index is 6.98. The zero-order valence-corrected chi connectivity index (χ0v) is 43.5. The van der Waals surface area contributed by atoms with Crippen LogP contribution in [0, 0.1) is 0 Å². The average molecular weight is 923 g/mol. The molecule has 0 N–H and O–H groups in total. The summed E-state index contributed by atoms with van der Waals surface area (Å²) < 4.78 is 6.98. The van der Waals surface area contributed by atoms with E-state index in [9.17, 15) is 0 Å². The van der Waals surface area contributed by atoms with E-state index in [-0.39, 0.29) is 28.4 Å². The molecule has 3 heterocycles. The molecule has 0 saturated heterocycles. The van der Waals surface area contributed by atoms with Crippen molar-refractivity contribution in [2.75, 3.05) is 9.80 Å². The normalized spacial score (nSPS) is 16.4. The Morgan fingerprint density at radius 3 is 1.45 bits per heavy atom. The molecule has 0 saturated carbocycles. The van der Waals surface area contributed by atoms with Crippen LogP contribution in [0.1, 0.15) is 128 Å². The SMILES string of the molecule is CC(C)(C)c1ccc(N2c3cc(C(C)(C)C)ccc3B3c4cc5c(cc4N(c4ccc(C(C)(C)C)cc4)c4cc(C(C)(C)C)cc2c43)-c2ccccc2C52c3ccccc3-c3oc4ccccc4c32)cc1. The molecule has 4 heteroatoms. The van der Waals surface area contributed by atoms with Gasteiger partial charge in [-0.1, -0.05) is 192 Å². The third kappa shape index (κ3) is 6.16. The fourth-order valence-electron chi connectivity index (χ4n) is 12.7. The number of fused-ring (bicyclic) bond motifs is 16. The highest BCUT2D eigenvalue weighted by Gasteiger charge is 2.56. The maximum absolute atomic E-state index is 6.98. The largest absolute Gasteiger partial charge is 0.456 e. The Morgan fingerprint density at radius 2 is 0.873 bits per heavy atom. The molecule has 1 aromatic heterocycles. The highest BCUT2D eigenvalue weighted by atomic mass is 16.3. The number of para-hydroxylation sites is 1. The minimum Gasteiger partial charge on any atom is -0.456 e. The van der Waals surface area contributed by atoms with Crippen LogP contribution in [0.15, 0.2) is 168 Å². The molecule has 71 heavy (non-hydrogen) atoms. The first-order valence-corrected chi connectivity index (χ1v) is 25.8. The Balaban J connectivity index is 1.18. The number of hydrogen-bond acceptors (Lipinski definition) is 3. The lowest BCUT2D eigenvalue weighted by atomic mass is 9.33. The Morgan fingerprint density at radius 1 is 0.394 bits per heavy atom. The van der Waals surface area contributed by atoms with Crippen molar-refractivity contribution >= 4 is 68.2 Å². The molecule has 1 spiro atoms. The average Bonchev–Trinajstić information content (AvgIpc) is 3.95. The third-order valence-electron chi connectivity index (χ3n) is 16.5. The number of hydrogen-bond donors (Lipinski definition) is 0. The highest BCUT2D eigenvalue weighted by Crippen LogP contribution is 2.65. The maximum Gasteiger partial charge on any atom is 0.252 e. The van der Waals surface area contributed by atoms with Crippen LogP contribution in [0.5, 0.6) is 0 Å². The summed E-state index contributed by atoms with van der Waals surface area (Å²) in [7, 11) is 0. The van der Waals surface area contributed by atoms with Gasteiger partial charge in [0.05, 0.1) is 5.41 Å². The summed E-state index contributed by atoms with van der Waals surface area (Å²) in [6.07, 6.45) is 0. The molecule has 0 radical (unpaired) electrons. The van der Waals surface area contributed by atoms with E-state index in [0.717, 1.165) is 17.0 Å². The van der Waals surface area contributed by atoms with Gasteiger partial charge in [-0.25, -0.2) is 0 Å². The summed E-state index contributed by atoms with van der Waals surface area (Å²) in [6.45, 7) is 27.9. The summed E-state index contributed by atoms with van der Waals surface area (Å²) >= 11 is 0. The monoisotopic (exact) mass is 923 g/mol. The second-order valence-electron chi connectivity index (χ2n) is 25.0. The van der Waals surface area contributed by atoms with Crippen molar-refractivity contribution in [1.29, 1.82) is 0 Å². The van der Waals surface area contributed by atoms with Crippen molar-refractivity contribution in [3.8, 4) is 22.5 Å². The zero-order chi connectivity index (χ0) is 49.3. The molecule has 4 aliphatic rings. The molecular weight excluding hydrogens is 860 g/mol. The first-order chi connectivity index (χ1) is 33.7. The summed E-state index contributed by atoms with van der Waals surface area (Å²) in [6, 6.07) is 63.5. The van der Waals surface area contributed by atoms with Crippen molar-refractivity contribution in [1.82, 2.24) is 0 Å². The Bertz CT molecular complexity index is 3700. The van der Waals surface area contributed by atoms with Gasteiger partial charge in [0.25, 0.3) is 6.71 Å². The summed E-state index contributed by atoms with van der Waals surface area (Å²) in [5, 5.41) is 1.17. The molecule has 1 atom stereocenters. The van der Waals surface area contributed by atoms with Crippen molar-refractivity contribution in [3.63, 3.8) is 0 Å². The van der Waals surface area contributed by atoms with Crippen molar-refractivity contribution in [3.05, 3.63) is 208 Å². The van der Waals surface area contributed by atoms with E-state index in [1.165, 1.54) is 111 Å². The van der Waals surface area contributed by atoms with Gasteiger partial charge in [0.1, 0.15) is 11.3 Å². The number of furan rings is 1. The number of rotatable bonds is 2. The molecule has 9 aromatic rings. The Kier molecular flexibility index (Phi) is 9.00. The Labute approximate surface area is 421 Å². The zero-order valence-electron chi connectivity index (χ0n) is 43.5. The second kappa shape index (κ2) is 14.5. The van der Waals surface area contributed by atoms with Crippen molar-refractivity contribution in [2.24, 2.45) is 0 Å². The standard InChI is InChI=1S/C67H63BN2O/c1-63(2,3)40-25-30-44(31-26-40)69-55-35-42(65(7,8)9)29-34-53(55)68-54-39-52-49(38-56(54)70(45-32-27-41(28-33-45)64(4,5)6)58-37-43(66(10,11)12)36-57(69)61(58)68)46-19-13-16-22-50(46)67(52)51-23-17-14-20-47(51)62-60(67)48-21-15-18-24-59(48)71-62/h13-39H,1-12H3. The van der Waals surface area contributed by atoms with Crippen LogP contribution >= 0.6 is 0 Å². The van der Waals surface area contributed by atoms with Crippen LogP contribution < -0.4 is 26.2 Å². The van der Waals surface area contributed by atoms with E-state index >= 15 is 0 Å². The predicted molar refractivity (Wildman–Crippen MR) is 301 cm³/mol. The van der Waals surface area contributed by atoms with E-state index in [4.69, 9.17) is 4.42 Å². The van der Waals surface area contributed by atoms with Crippen molar-refractivity contribution in [2.45, 2.75) is 110 Å². The van der Waals surface area contributed by atoms with Crippen LogP contribution in [-0.4, -0.2) is 6.71 Å². The minimum absolute atomic E-state index is 0.0138. The molecule has 8 aromatic carbocycles. The van der Waals surface area contributed by atoms with Gasteiger partial charge in [0.2, 0.25) is 0 Å². The smallest absolute Gasteiger partial charge is 0.252 e. The fraction of sp³-hybridized carbons (Fsp3) is 0.254. The quantitative estimate of drug-likeness (QED) is 0.161. The summed E-state index contributed by atoms with van der Waals surface area (Å²) in [5.74, 6) is 0.982. The van der Waals surface area contributed by atoms with Crippen LogP contribution in [0.3, 0.4) is 0 Å². The Hall–Kier alpha value is -7.04. The first-order valence-electron chi connectivity index (χ1n) is 25.8. The van der Waals surface area contributed by atoms with Gasteiger partial charge < -0.3 is 14.2 Å². The molecule has 2 aliphatic heterocycles. The van der Waals surface area contributed by atoms with E-state index in [1.54, 1.807) is 0 Å². The summed E-state index contributed by atoms with van der Waals surface area (Å²) in [5.41, 5.74) is 25.7. The molecule has 0 fully saturated rings. The van der Waals surface area contributed by atoms with Crippen LogP contribution in [0.2, 0.25) is 0 Å². The van der Waals surface area contributed by atoms with Crippen LogP contribution in [0.25, 0.3) is 33.4 Å². The van der Waals surface area contributed by atoms with Gasteiger partial charge in [-0.3, -0.25) is 0 Å². The van der Waals surface area contributed by atoms with Gasteiger partial charge in [-0.05, 0) is 143 Å². The fourth-order valence-corrected chi connectivity index (χ4v) is 12.7. The lowest BCUT2D eigenvalue weighted by molar-refractivity contribution is 0.589. The van der Waals surface area contributed by atoms with Gasteiger partial charge in [-0.2, -0.15) is 0 Å². The summed E-state index contributed by atoms with van der Waals surface area (Å²) in [4.78, 5) is 5.23. The van der Waals surface area contributed by atoms with Crippen LogP contribution in [0.4, 0.5) is 34.1 Å². The number of nitrogens with zero attached hydrogens (tertiary/aromatic N) is 2. The lowest BCUT2D eigenvalue weighted by Crippen LogP contribution is -2.61. The van der Waals surface area contributed by atoms with E-state index in [2.05, 4.69) is 257 Å². The number of anilines is 6. The molecular formula is C67H63BN2O. The molecule has 350 valence electrons. The molecule has 0 amide bonds. The van der Waals surface area contributed by atoms with E-state index in [0.29, 0.717) is 0 Å². The van der Waals surface area contributed by atoms with Gasteiger partial charge in [0.15, 0.2) is 0 Å². The molecule has 2 aliphatic carbocycles. The molecule has 1 unspecified atom stereocenters. The second-order valence-corrected chi connectivity index (χ2v) is 25.0. The van der Waals surface area contributed by atoms with Gasteiger partial charge in [-0.15, -0.1) is 0 Å². The first kappa shape index (κ1) is 43.9.